The fraction of sp³-hybridized carbons (Fsp3) is 0.684. The Morgan fingerprint density at radius 3 is 1.32 bits per heavy atom. The first-order valence-corrected chi connectivity index (χ1v) is 21.8. The Bertz CT molecular complexity index is 1720. The van der Waals surface area contributed by atoms with E-state index in [-0.39, 0.29) is 72.2 Å². The lowest BCUT2D eigenvalue weighted by molar-refractivity contribution is -0.125. The van der Waals surface area contributed by atoms with Crippen LogP contribution >= 0.6 is 23.2 Å². The molecule has 4 fully saturated rings. The lowest BCUT2D eigenvalue weighted by atomic mass is 9.92. The van der Waals surface area contributed by atoms with Crippen LogP contribution in [0.25, 0.3) is 0 Å². The maximum absolute atomic E-state index is 15.0. The summed E-state index contributed by atoms with van der Waals surface area (Å²) in [6.07, 6.45) is 10.1. The van der Waals surface area contributed by atoms with E-state index in [1.54, 1.807) is 9.80 Å². The summed E-state index contributed by atoms with van der Waals surface area (Å²) in [5.41, 5.74) is 9.80. The van der Waals surface area contributed by atoms with Crippen molar-refractivity contribution in [3.63, 3.8) is 0 Å². The van der Waals surface area contributed by atoms with E-state index in [0.717, 1.165) is 64.2 Å². The van der Waals surface area contributed by atoms with Crippen LogP contribution < -0.4 is 42.1 Å². The molecule has 2 aliphatic heterocycles. The Hall–Kier alpha value is -4.80. The van der Waals surface area contributed by atoms with Gasteiger partial charge in [0.25, 0.3) is 0 Å². The summed E-state index contributed by atoms with van der Waals surface area (Å²) >= 11 is 11.9. The smallest absolute Gasteiger partial charge is 0.404 e. The fourth-order valence-corrected chi connectivity index (χ4v) is 9.03. The van der Waals surface area contributed by atoms with Crippen molar-refractivity contribution in [2.24, 2.45) is 23.7 Å². The number of rotatable bonds is 18. The Kier molecular flexibility index (Phi) is 18.4. The molecule has 10 N–H and O–H groups in total. The van der Waals surface area contributed by atoms with Crippen LogP contribution in [0.1, 0.15) is 89.9 Å². The van der Waals surface area contributed by atoms with E-state index < -0.39 is 47.5 Å². The number of aromatic nitrogens is 4. The molecule has 2 aromatic rings. The number of hydrogen-bond acceptors (Lipinski definition) is 14. The van der Waals surface area contributed by atoms with Gasteiger partial charge in [-0.1, -0.05) is 51.4 Å². The summed E-state index contributed by atoms with van der Waals surface area (Å²) in [4.78, 5) is 66.0. The summed E-state index contributed by atoms with van der Waals surface area (Å²) in [5, 5.41) is 40.9. The van der Waals surface area contributed by atoms with Gasteiger partial charge in [0.2, 0.25) is 34.0 Å². The monoisotopic (exact) mass is 916 g/mol. The number of carbonyl (C=O) groups is 4. The first-order chi connectivity index (χ1) is 29.8. The van der Waals surface area contributed by atoms with Crippen LogP contribution in [-0.4, -0.2) is 116 Å². The van der Waals surface area contributed by atoms with E-state index in [4.69, 9.17) is 33.4 Å². The SMILES string of the molecule is O=C(O)NC[C@@H](CC1CCCC1)C(=O)NNc1nc(Cl)nc(N2CCC[C@H]2CO)c1F.O=C(O)NC[C@@H](CC1CCCC1)C(=O)NNc1nc(Cl)nc(N2CCC[C@H]2CO)c1F. The van der Waals surface area contributed by atoms with Crippen molar-refractivity contribution in [3.05, 3.63) is 22.2 Å². The molecule has 4 amide bonds. The van der Waals surface area contributed by atoms with Gasteiger partial charge in [-0.25, -0.2) is 9.59 Å². The molecular formula is C38H56Cl2F2N12O8. The first-order valence-electron chi connectivity index (χ1n) is 21.0. The number of aliphatic hydroxyl groups is 2. The third-order valence-electron chi connectivity index (χ3n) is 11.9. The maximum atomic E-state index is 15.0. The average Bonchev–Trinajstić information content (AvgIpc) is 4.10. The van der Waals surface area contributed by atoms with Crippen molar-refractivity contribution < 1.29 is 48.4 Å². The zero-order valence-corrected chi connectivity index (χ0v) is 35.7. The molecule has 0 radical (unpaired) electrons. The highest BCUT2D eigenvalue weighted by Gasteiger charge is 2.32. The van der Waals surface area contributed by atoms with Crippen LogP contribution in [0.4, 0.5) is 41.6 Å². The normalized spacial score (nSPS) is 20.0. The molecule has 24 heteroatoms. The number of hydrogen-bond donors (Lipinski definition) is 10. The zero-order valence-electron chi connectivity index (χ0n) is 34.2. The molecule has 2 aromatic heterocycles. The van der Waals surface area contributed by atoms with Crippen molar-refractivity contribution in [3.8, 4) is 0 Å². The van der Waals surface area contributed by atoms with E-state index in [9.17, 15) is 29.4 Å². The van der Waals surface area contributed by atoms with E-state index in [0.29, 0.717) is 50.6 Å². The fourth-order valence-electron chi connectivity index (χ4n) is 8.70. The van der Waals surface area contributed by atoms with Crippen molar-refractivity contribution in [1.29, 1.82) is 0 Å². The van der Waals surface area contributed by atoms with Gasteiger partial charge in [-0.2, -0.15) is 28.7 Å². The van der Waals surface area contributed by atoms with E-state index >= 15 is 8.78 Å². The third kappa shape index (κ3) is 13.6. The largest absolute Gasteiger partial charge is 0.465 e. The predicted octanol–water partition coefficient (Wildman–Crippen LogP) is 4.27. The first kappa shape index (κ1) is 48.2. The molecule has 0 bridgehead atoms. The highest BCUT2D eigenvalue weighted by Crippen LogP contribution is 2.34. The molecule has 0 unspecified atom stereocenters. The second kappa shape index (κ2) is 23.6. The molecular weight excluding hydrogens is 861 g/mol. The molecule has 2 aliphatic carbocycles. The van der Waals surface area contributed by atoms with Crippen LogP contribution in [-0.2, 0) is 9.59 Å². The summed E-state index contributed by atoms with van der Waals surface area (Å²) < 4.78 is 30.1. The Balaban J connectivity index is 0.000000234. The van der Waals surface area contributed by atoms with Crippen LogP contribution in [0.5, 0.6) is 0 Å². The predicted molar refractivity (Wildman–Crippen MR) is 225 cm³/mol. The number of anilines is 4. The summed E-state index contributed by atoms with van der Waals surface area (Å²) in [5.74, 6) is -3.68. The van der Waals surface area contributed by atoms with Crippen LogP contribution in [0.2, 0.25) is 10.6 Å². The molecule has 344 valence electrons. The Morgan fingerprint density at radius 2 is 0.984 bits per heavy atom. The average molecular weight is 918 g/mol. The minimum atomic E-state index is -1.21. The van der Waals surface area contributed by atoms with Gasteiger partial charge in [-0.05, 0) is 73.6 Å². The van der Waals surface area contributed by atoms with Gasteiger partial charge in [-0.3, -0.25) is 31.3 Å². The second-order valence-electron chi connectivity index (χ2n) is 16.1. The Morgan fingerprint density at radius 1 is 0.613 bits per heavy atom. The van der Waals surface area contributed by atoms with E-state index in [2.05, 4.69) is 52.3 Å². The van der Waals surface area contributed by atoms with E-state index in [1.807, 2.05) is 0 Å². The van der Waals surface area contributed by atoms with Gasteiger partial charge >= 0.3 is 12.2 Å². The lowest BCUT2D eigenvalue weighted by Crippen LogP contribution is -2.42. The van der Waals surface area contributed by atoms with Gasteiger partial charge in [-0.15, -0.1) is 0 Å². The zero-order chi connectivity index (χ0) is 44.8. The Labute approximate surface area is 367 Å². The highest BCUT2D eigenvalue weighted by atomic mass is 35.5. The summed E-state index contributed by atoms with van der Waals surface area (Å²) in [6, 6.07) is -0.526. The molecule has 0 spiro atoms. The van der Waals surface area contributed by atoms with Crippen LogP contribution in [0, 0.1) is 35.3 Å². The van der Waals surface area contributed by atoms with Crippen molar-refractivity contribution >= 4 is 70.5 Å². The lowest BCUT2D eigenvalue weighted by Gasteiger charge is -2.25. The number of carbonyl (C=O) groups excluding carboxylic acids is 2. The number of hydrazine groups is 2. The quantitative estimate of drug-likeness (QED) is 0.0738. The molecule has 4 heterocycles. The number of halogens is 4. The molecule has 2 saturated heterocycles. The molecule has 62 heavy (non-hydrogen) atoms. The van der Waals surface area contributed by atoms with Gasteiger partial charge in [0.15, 0.2) is 23.3 Å². The van der Waals surface area contributed by atoms with Crippen molar-refractivity contribution in [2.75, 3.05) is 60.0 Å². The van der Waals surface area contributed by atoms with Gasteiger partial charge in [0.1, 0.15) is 0 Å². The second-order valence-corrected chi connectivity index (χ2v) is 16.7. The standard InChI is InChI=1S/2C19H28ClFN6O4/c2*20-18-23-15(14(21)16(24-18)27-7-3-6-13(27)10-28)25-26-17(29)12(9-22-19(30)31)8-11-4-1-2-5-11/h2*11-13,22,28H,1-10H2,(H,26,29)(H,30,31)(H,23,24,25)/t2*12-,13+/m11/s1. The minimum absolute atomic E-state index is 0.0381. The molecule has 0 aromatic carbocycles. The number of carboxylic acid groups (broad SMARTS) is 2. The summed E-state index contributed by atoms with van der Waals surface area (Å²) in [7, 11) is 0. The number of nitrogens with one attached hydrogen (secondary N) is 6. The van der Waals surface area contributed by atoms with Gasteiger partial charge < -0.3 is 40.9 Å². The molecule has 2 saturated carbocycles. The van der Waals surface area contributed by atoms with Crippen LogP contribution in [0.3, 0.4) is 0 Å². The number of amides is 4. The number of aliphatic hydroxyl groups excluding tert-OH is 2. The third-order valence-corrected chi connectivity index (χ3v) is 12.2. The highest BCUT2D eigenvalue weighted by molar-refractivity contribution is 6.28. The minimum Gasteiger partial charge on any atom is -0.465 e. The number of nitrogens with zero attached hydrogens (tertiary/aromatic N) is 6. The van der Waals surface area contributed by atoms with E-state index in [1.165, 1.54) is 0 Å². The van der Waals surface area contributed by atoms with Gasteiger partial charge in [0, 0.05) is 26.2 Å². The maximum Gasteiger partial charge on any atom is 0.404 e. The van der Waals surface area contributed by atoms with Gasteiger partial charge in [0.05, 0.1) is 37.1 Å². The molecule has 4 aliphatic rings. The molecule has 4 atom stereocenters. The topological polar surface area (TPSA) is 279 Å². The summed E-state index contributed by atoms with van der Waals surface area (Å²) in [6.45, 7) is 0.685. The molecule has 20 nitrogen and oxygen atoms in total. The van der Waals surface area contributed by atoms with Crippen LogP contribution in [0.15, 0.2) is 0 Å². The van der Waals surface area contributed by atoms with Crippen molar-refractivity contribution in [1.82, 2.24) is 41.4 Å². The van der Waals surface area contributed by atoms with Crippen molar-refractivity contribution in [2.45, 2.75) is 102 Å². The molecule has 6 rings (SSSR count).